The van der Waals surface area contributed by atoms with Crippen LogP contribution in [0.1, 0.15) is 26.7 Å². The largest absolute Gasteiger partial charge is 0.304 e. The van der Waals surface area contributed by atoms with Crippen LogP contribution in [0.4, 0.5) is 0 Å². The first-order valence-electron chi connectivity index (χ1n) is 5.72. The van der Waals surface area contributed by atoms with E-state index in [-0.39, 0.29) is 5.12 Å². The Morgan fingerprint density at radius 1 is 1.13 bits per heavy atom. The summed E-state index contributed by atoms with van der Waals surface area (Å²) in [6, 6.07) is 0. The van der Waals surface area contributed by atoms with E-state index in [0.717, 1.165) is 32.6 Å². The predicted octanol–water partition coefficient (Wildman–Crippen LogP) is 1.50. The summed E-state index contributed by atoms with van der Waals surface area (Å²) in [7, 11) is 1.96. The van der Waals surface area contributed by atoms with Crippen LogP contribution in [0, 0.1) is 0 Å². The molecule has 0 aliphatic heterocycles. The van der Waals surface area contributed by atoms with Crippen molar-refractivity contribution in [3.05, 3.63) is 0 Å². The van der Waals surface area contributed by atoms with Crippen molar-refractivity contribution in [3.63, 3.8) is 0 Å². The Balaban J connectivity index is 3.40. The van der Waals surface area contributed by atoms with E-state index in [0.29, 0.717) is 6.54 Å². The Kier molecular flexibility index (Phi) is 9.15. The highest BCUT2D eigenvalue weighted by Crippen LogP contribution is 1.97. The van der Waals surface area contributed by atoms with Crippen LogP contribution in [0.2, 0.25) is 0 Å². The van der Waals surface area contributed by atoms with E-state index in [1.54, 1.807) is 0 Å². The van der Waals surface area contributed by atoms with Crippen molar-refractivity contribution in [2.24, 2.45) is 0 Å². The molecule has 0 spiro atoms. The highest BCUT2D eigenvalue weighted by Gasteiger charge is 2.03. The van der Waals surface area contributed by atoms with Gasteiger partial charge in [0.1, 0.15) is 0 Å². The minimum Gasteiger partial charge on any atom is -0.304 e. The Morgan fingerprint density at radius 3 is 2.13 bits per heavy atom. The second-order valence-corrected chi connectivity index (χ2v) is 4.36. The van der Waals surface area contributed by atoms with Crippen molar-refractivity contribution in [2.45, 2.75) is 26.7 Å². The van der Waals surface area contributed by atoms with Gasteiger partial charge in [0.15, 0.2) is 5.12 Å². The predicted molar refractivity (Wildman–Crippen MR) is 68.5 cm³/mol. The van der Waals surface area contributed by atoms with E-state index in [1.807, 2.05) is 11.9 Å². The fraction of sp³-hybridized carbons (Fsp3) is 0.909. The third kappa shape index (κ3) is 8.90. The number of hydrogen-bond donors (Lipinski definition) is 1. The SMILES string of the molecule is CCN(CC)CCCCN(C)CC(=O)S. The number of hydrogen-bond acceptors (Lipinski definition) is 3. The van der Waals surface area contributed by atoms with Gasteiger partial charge >= 0.3 is 0 Å². The number of nitrogens with zero attached hydrogens (tertiary/aromatic N) is 2. The van der Waals surface area contributed by atoms with Crippen LogP contribution in [0.3, 0.4) is 0 Å². The lowest BCUT2D eigenvalue weighted by Gasteiger charge is -2.19. The molecule has 0 aromatic rings. The topological polar surface area (TPSA) is 23.6 Å². The van der Waals surface area contributed by atoms with Crippen molar-refractivity contribution in [2.75, 3.05) is 39.8 Å². The monoisotopic (exact) mass is 232 g/mol. The van der Waals surface area contributed by atoms with Gasteiger partial charge in [0, 0.05) is 0 Å². The highest BCUT2D eigenvalue weighted by atomic mass is 32.1. The molecule has 90 valence electrons. The number of likely N-dealkylation sites (N-methyl/N-ethyl adjacent to an activating group) is 1. The summed E-state index contributed by atoms with van der Waals surface area (Å²) in [6.45, 7) is 9.23. The van der Waals surface area contributed by atoms with Crippen molar-refractivity contribution < 1.29 is 4.79 Å². The Labute approximate surface area is 99.2 Å². The lowest BCUT2D eigenvalue weighted by molar-refractivity contribution is -0.111. The third-order valence-corrected chi connectivity index (χ3v) is 2.71. The first kappa shape index (κ1) is 14.9. The lowest BCUT2D eigenvalue weighted by atomic mass is 10.2. The van der Waals surface area contributed by atoms with Crippen molar-refractivity contribution in [1.82, 2.24) is 9.80 Å². The number of rotatable bonds is 9. The maximum Gasteiger partial charge on any atom is 0.199 e. The maximum absolute atomic E-state index is 10.7. The van der Waals surface area contributed by atoms with Crippen LogP contribution < -0.4 is 0 Å². The van der Waals surface area contributed by atoms with Crippen LogP contribution in [-0.4, -0.2) is 54.7 Å². The molecule has 3 nitrogen and oxygen atoms in total. The zero-order valence-electron chi connectivity index (χ0n) is 10.2. The molecular weight excluding hydrogens is 208 g/mol. The zero-order valence-corrected chi connectivity index (χ0v) is 11.1. The number of carbonyl (C=O) groups excluding carboxylic acids is 1. The van der Waals surface area contributed by atoms with Crippen LogP contribution >= 0.6 is 12.6 Å². The molecule has 0 heterocycles. The maximum atomic E-state index is 10.7. The molecule has 0 saturated carbocycles. The molecule has 0 fully saturated rings. The van der Waals surface area contributed by atoms with Gasteiger partial charge < -0.3 is 4.90 Å². The van der Waals surface area contributed by atoms with E-state index in [9.17, 15) is 4.79 Å². The Morgan fingerprint density at radius 2 is 1.67 bits per heavy atom. The Bertz CT molecular complexity index is 172. The molecule has 0 atom stereocenters. The third-order valence-electron chi connectivity index (χ3n) is 2.56. The van der Waals surface area contributed by atoms with Crippen molar-refractivity contribution >= 4 is 17.7 Å². The Hall–Kier alpha value is -0.0600. The first-order chi connectivity index (χ1) is 7.10. The number of unbranched alkanes of at least 4 members (excludes halogenated alkanes) is 1. The van der Waals surface area contributed by atoms with Gasteiger partial charge in [0.2, 0.25) is 0 Å². The number of thiol groups is 1. The van der Waals surface area contributed by atoms with Gasteiger partial charge in [-0.25, -0.2) is 0 Å². The van der Waals surface area contributed by atoms with Crippen molar-refractivity contribution in [3.8, 4) is 0 Å². The van der Waals surface area contributed by atoms with E-state index in [1.165, 1.54) is 6.42 Å². The molecule has 0 rings (SSSR count). The van der Waals surface area contributed by atoms with Crippen molar-refractivity contribution in [1.29, 1.82) is 0 Å². The highest BCUT2D eigenvalue weighted by molar-refractivity contribution is 7.96. The van der Waals surface area contributed by atoms with E-state index < -0.39 is 0 Å². The summed E-state index contributed by atoms with van der Waals surface area (Å²) in [5, 5.41) is -0.0544. The molecule has 0 unspecified atom stereocenters. The van der Waals surface area contributed by atoms with Gasteiger partial charge in [0.05, 0.1) is 6.54 Å². The number of carbonyl (C=O) groups is 1. The molecule has 0 amide bonds. The van der Waals surface area contributed by atoms with Gasteiger partial charge in [-0.2, -0.15) is 0 Å². The first-order valence-corrected chi connectivity index (χ1v) is 6.17. The summed E-state index contributed by atoms with van der Waals surface area (Å²) in [6.07, 6.45) is 2.35. The average molecular weight is 232 g/mol. The van der Waals surface area contributed by atoms with Gasteiger partial charge in [-0.15, -0.1) is 12.6 Å². The van der Waals surface area contributed by atoms with Gasteiger partial charge in [0.25, 0.3) is 0 Å². The molecule has 0 bridgehead atoms. The second-order valence-electron chi connectivity index (χ2n) is 3.87. The molecular formula is C11H24N2OS. The molecule has 0 N–H and O–H groups in total. The molecule has 0 saturated heterocycles. The average Bonchev–Trinajstić information content (AvgIpc) is 2.17. The summed E-state index contributed by atoms with van der Waals surface area (Å²) in [5.74, 6) is 0. The van der Waals surface area contributed by atoms with Crippen LogP contribution in [0.25, 0.3) is 0 Å². The summed E-state index contributed by atoms with van der Waals surface area (Å²) in [4.78, 5) is 15.1. The minimum atomic E-state index is -0.0544. The van der Waals surface area contributed by atoms with E-state index >= 15 is 0 Å². The van der Waals surface area contributed by atoms with E-state index in [4.69, 9.17) is 0 Å². The van der Waals surface area contributed by atoms with Crippen LogP contribution in [-0.2, 0) is 4.79 Å². The lowest BCUT2D eigenvalue weighted by Crippen LogP contribution is -2.27. The molecule has 0 aliphatic carbocycles. The zero-order chi connectivity index (χ0) is 11.7. The fourth-order valence-corrected chi connectivity index (χ4v) is 1.81. The van der Waals surface area contributed by atoms with Crippen LogP contribution in [0.5, 0.6) is 0 Å². The smallest absolute Gasteiger partial charge is 0.199 e. The van der Waals surface area contributed by atoms with E-state index in [2.05, 4.69) is 31.4 Å². The second kappa shape index (κ2) is 9.19. The summed E-state index contributed by atoms with van der Waals surface area (Å²) >= 11 is 3.76. The van der Waals surface area contributed by atoms with Gasteiger partial charge in [-0.05, 0) is 46.1 Å². The van der Waals surface area contributed by atoms with Gasteiger partial charge in [-0.1, -0.05) is 13.8 Å². The standard InChI is InChI=1S/C11H24N2OS/c1-4-13(5-2)9-7-6-8-12(3)10-11(14)15/h4-10H2,1-3H3,(H,14,15). The van der Waals surface area contributed by atoms with Gasteiger partial charge in [-0.3, -0.25) is 9.69 Å². The molecule has 0 aliphatic rings. The summed E-state index contributed by atoms with van der Waals surface area (Å²) < 4.78 is 0. The fourth-order valence-electron chi connectivity index (χ4n) is 1.57. The molecule has 0 aromatic carbocycles. The normalized spacial score (nSPS) is 11.3. The quantitative estimate of drug-likeness (QED) is 0.481. The molecule has 15 heavy (non-hydrogen) atoms. The summed E-state index contributed by atoms with van der Waals surface area (Å²) in [5.41, 5.74) is 0. The molecule has 0 radical (unpaired) electrons. The van der Waals surface area contributed by atoms with Crippen LogP contribution in [0.15, 0.2) is 0 Å². The molecule has 4 heteroatoms. The minimum absolute atomic E-state index is 0.0544. The molecule has 0 aromatic heterocycles.